The van der Waals surface area contributed by atoms with E-state index in [2.05, 4.69) is 49.5 Å². The summed E-state index contributed by atoms with van der Waals surface area (Å²) in [7, 11) is -1.54. The van der Waals surface area contributed by atoms with Gasteiger partial charge < -0.3 is 15.5 Å². The summed E-state index contributed by atoms with van der Waals surface area (Å²) < 4.78 is 26.8. The summed E-state index contributed by atoms with van der Waals surface area (Å²) in [5.41, 5.74) is 3.09. The van der Waals surface area contributed by atoms with Crippen LogP contribution in [0.1, 0.15) is 31.4 Å². The molecule has 0 bridgehead atoms. The van der Waals surface area contributed by atoms with Crippen LogP contribution in [-0.2, 0) is 22.3 Å². The zero-order valence-corrected chi connectivity index (χ0v) is 22.1. The fourth-order valence-electron chi connectivity index (χ4n) is 3.70. The minimum atomic E-state index is -3.31. The van der Waals surface area contributed by atoms with Gasteiger partial charge in [0.1, 0.15) is 0 Å². The number of para-hydroxylation sites is 1. The Hall–Kier alpha value is -1.85. The molecule has 1 atom stereocenters. The van der Waals surface area contributed by atoms with Gasteiger partial charge in [-0.1, -0.05) is 42.5 Å². The lowest BCUT2D eigenvalue weighted by molar-refractivity contribution is 0.569. The van der Waals surface area contributed by atoms with E-state index in [0.717, 1.165) is 36.6 Å². The van der Waals surface area contributed by atoms with Gasteiger partial charge in [-0.2, -0.15) is 0 Å². The quantitative estimate of drug-likeness (QED) is 0.258. The molecule has 0 amide bonds. The monoisotopic (exact) mass is 571 g/mol. The maximum absolute atomic E-state index is 12.1. The normalized spacial score (nSPS) is 16.7. The van der Waals surface area contributed by atoms with Crippen LogP contribution in [0.5, 0.6) is 0 Å². The van der Waals surface area contributed by atoms with Crippen LogP contribution in [0.15, 0.2) is 59.6 Å². The molecule has 1 saturated heterocycles. The number of guanidine groups is 1. The van der Waals surface area contributed by atoms with Gasteiger partial charge in [-0.05, 0) is 43.5 Å². The molecule has 1 unspecified atom stereocenters. The Bertz CT molecular complexity index is 966. The maximum atomic E-state index is 12.1. The van der Waals surface area contributed by atoms with Crippen LogP contribution in [0.4, 0.5) is 5.69 Å². The van der Waals surface area contributed by atoms with Crippen molar-refractivity contribution in [2.24, 2.45) is 4.99 Å². The predicted molar refractivity (Wildman–Crippen MR) is 143 cm³/mol. The fraction of sp³-hybridized carbons (Fsp3) is 0.435. The van der Waals surface area contributed by atoms with Crippen LogP contribution in [-0.4, -0.2) is 46.6 Å². The molecule has 0 aliphatic carbocycles. The van der Waals surface area contributed by atoms with Crippen LogP contribution in [0, 0.1) is 0 Å². The number of anilines is 1. The van der Waals surface area contributed by atoms with E-state index in [0.29, 0.717) is 12.6 Å². The van der Waals surface area contributed by atoms with Crippen molar-refractivity contribution < 1.29 is 8.42 Å². The first-order chi connectivity index (χ1) is 14.8. The van der Waals surface area contributed by atoms with Crippen molar-refractivity contribution >= 4 is 45.6 Å². The van der Waals surface area contributed by atoms with E-state index < -0.39 is 10.0 Å². The van der Waals surface area contributed by atoms with Gasteiger partial charge in [0.25, 0.3) is 0 Å². The van der Waals surface area contributed by atoms with E-state index in [1.807, 2.05) is 44.2 Å². The third-order valence-corrected chi connectivity index (χ3v) is 6.67. The van der Waals surface area contributed by atoms with Crippen LogP contribution in [0.2, 0.25) is 0 Å². The van der Waals surface area contributed by atoms with Crippen LogP contribution >= 0.6 is 24.0 Å². The highest BCUT2D eigenvalue weighted by molar-refractivity contribution is 14.0. The molecule has 1 heterocycles. The molecule has 2 aromatic rings. The Kier molecular flexibility index (Phi) is 10.2. The lowest BCUT2D eigenvalue weighted by Gasteiger charge is -2.20. The van der Waals surface area contributed by atoms with E-state index >= 15 is 0 Å². The molecule has 0 saturated carbocycles. The molecule has 0 radical (unpaired) electrons. The lowest BCUT2D eigenvalue weighted by Crippen LogP contribution is -2.44. The highest BCUT2D eigenvalue weighted by atomic mass is 127. The van der Waals surface area contributed by atoms with Gasteiger partial charge in [-0.3, -0.25) is 4.99 Å². The summed E-state index contributed by atoms with van der Waals surface area (Å²) in [5, 5.41) is 6.86. The van der Waals surface area contributed by atoms with Crippen molar-refractivity contribution in [2.45, 2.75) is 44.6 Å². The second kappa shape index (κ2) is 12.4. The van der Waals surface area contributed by atoms with E-state index in [-0.39, 0.29) is 35.8 Å². The van der Waals surface area contributed by atoms with E-state index in [1.54, 1.807) is 7.05 Å². The Morgan fingerprint density at radius 2 is 1.75 bits per heavy atom. The molecule has 0 spiro atoms. The molecular formula is C23H34IN5O2S. The average molecular weight is 572 g/mol. The SMILES string of the molecule is CN=C(NCc1ccc(CS(=O)(=O)NC(C)C)cc1)NC1CCN(c2ccccc2)C1.I. The number of hydrogen-bond acceptors (Lipinski definition) is 4. The number of nitrogens with zero attached hydrogens (tertiary/aromatic N) is 2. The molecule has 9 heteroatoms. The molecule has 3 rings (SSSR count). The Morgan fingerprint density at radius 1 is 1.09 bits per heavy atom. The van der Waals surface area contributed by atoms with Gasteiger partial charge in [-0.25, -0.2) is 13.1 Å². The molecule has 176 valence electrons. The molecule has 1 aliphatic heterocycles. The van der Waals surface area contributed by atoms with Crippen molar-refractivity contribution in [3.8, 4) is 0 Å². The van der Waals surface area contributed by atoms with Crippen molar-refractivity contribution in [2.75, 3.05) is 25.0 Å². The first-order valence-corrected chi connectivity index (χ1v) is 12.3. The highest BCUT2D eigenvalue weighted by Crippen LogP contribution is 2.19. The van der Waals surface area contributed by atoms with E-state index in [4.69, 9.17) is 0 Å². The lowest BCUT2D eigenvalue weighted by atomic mass is 10.1. The summed E-state index contributed by atoms with van der Waals surface area (Å²) in [4.78, 5) is 6.73. The number of sulfonamides is 1. The molecule has 2 aromatic carbocycles. The summed E-state index contributed by atoms with van der Waals surface area (Å²) in [6, 6.07) is 18.3. The second-order valence-corrected chi connectivity index (χ2v) is 9.94. The average Bonchev–Trinajstić information content (AvgIpc) is 3.20. The van der Waals surface area contributed by atoms with Gasteiger partial charge in [0.2, 0.25) is 10.0 Å². The molecule has 7 nitrogen and oxygen atoms in total. The van der Waals surface area contributed by atoms with E-state index in [1.165, 1.54) is 5.69 Å². The molecule has 32 heavy (non-hydrogen) atoms. The number of nitrogens with one attached hydrogen (secondary N) is 3. The molecule has 1 fully saturated rings. The fourth-order valence-corrected chi connectivity index (χ4v) is 5.13. The van der Waals surface area contributed by atoms with Gasteiger partial charge >= 0.3 is 0 Å². The number of benzene rings is 2. The first kappa shape index (κ1) is 26.4. The minimum Gasteiger partial charge on any atom is -0.369 e. The zero-order chi connectivity index (χ0) is 22.3. The maximum Gasteiger partial charge on any atom is 0.216 e. The third kappa shape index (κ3) is 8.25. The number of halogens is 1. The summed E-state index contributed by atoms with van der Waals surface area (Å²) in [6.45, 7) is 6.22. The van der Waals surface area contributed by atoms with Crippen LogP contribution < -0.4 is 20.3 Å². The molecule has 0 aromatic heterocycles. The Balaban J connectivity index is 0.00000363. The van der Waals surface area contributed by atoms with E-state index in [9.17, 15) is 8.42 Å². The third-order valence-electron chi connectivity index (χ3n) is 5.13. The van der Waals surface area contributed by atoms with Crippen molar-refractivity contribution in [3.63, 3.8) is 0 Å². The molecule has 3 N–H and O–H groups in total. The van der Waals surface area contributed by atoms with Crippen LogP contribution in [0.25, 0.3) is 0 Å². The van der Waals surface area contributed by atoms with Gasteiger partial charge in [0.15, 0.2) is 5.96 Å². The number of rotatable bonds is 8. The number of hydrogen-bond donors (Lipinski definition) is 3. The van der Waals surface area contributed by atoms with Gasteiger partial charge in [0.05, 0.1) is 5.75 Å². The number of aliphatic imine (C=N–C) groups is 1. The van der Waals surface area contributed by atoms with Crippen molar-refractivity contribution in [1.29, 1.82) is 0 Å². The highest BCUT2D eigenvalue weighted by Gasteiger charge is 2.23. The predicted octanol–water partition coefficient (Wildman–Crippen LogP) is 3.08. The molecular weight excluding hydrogens is 537 g/mol. The second-order valence-electron chi connectivity index (χ2n) is 8.19. The zero-order valence-electron chi connectivity index (χ0n) is 18.9. The van der Waals surface area contributed by atoms with Crippen molar-refractivity contribution in [3.05, 3.63) is 65.7 Å². The Morgan fingerprint density at radius 3 is 2.38 bits per heavy atom. The van der Waals surface area contributed by atoms with Crippen LogP contribution in [0.3, 0.4) is 0 Å². The van der Waals surface area contributed by atoms with Crippen molar-refractivity contribution in [1.82, 2.24) is 15.4 Å². The molecule has 1 aliphatic rings. The topological polar surface area (TPSA) is 85.8 Å². The Labute approximate surface area is 209 Å². The van der Waals surface area contributed by atoms with Gasteiger partial charge in [0, 0.05) is 44.5 Å². The summed E-state index contributed by atoms with van der Waals surface area (Å²) in [6.07, 6.45) is 1.06. The minimum absolute atomic E-state index is 0. The summed E-state index contributed by atoms with van der Waals surface area (Å²) >= 11 is 0. The standard InChI is InChI=1S/C23H33N5O2S.HI/c1-18(2)27-31(29,30)17-20-11-9-19(10-12-20)15-25-23(24-3)26-21-13-14-28(16-21)22-7-5-4-6-8-22;/h4-12,18,21,27H,13-17H2,1-3H3,(H2,24,25,26);1H. The van der Waals surface area contributed by atoms with Gasteiger partial charge in [-0.15, -0.1) is 24.0 Å². The smallest absolute Gasteiger partial charge is 0.216 e. The summed E-state index contributed by atoms with van der Waals surface area (Å²) in [5.74, 6) is 0.759. The first-order valence-electron chi connectivity index (χ1n) is 10.7. The largest absolute Gasteiger partial charge is 0.369 e.